The summed E-state index contributed by atoms with van der Waals surface area (Å²) < 4.78 is 0. The molecule has 0 amide bonds. The molecule has 4 aliphatic rings. The second kappa shape index (κ2) is 7.13. The minimum atomic E-state index is 0.397. The molecule has 0 spiro atoms. The molecule has 0 saturated carbocycles. The van der Waals surface area contributed by atoms with E-state index < -0.39 is 0 Å². The van der Waals surface area contributed by atoms with Crippen LogP contribution >= 0.6 is 0 Å². The van der Waals surface area contributed by atoms with E-state index in [4.69, 9.17) is 0 Å². The van der Waals surface area contributed by atoms with Crippen LogP contribution in [0.15, 0.2) is 36.9 Å². The molecule has 0 saturated heterocycles. The van der Waals surface area contributed by atoms with Crippen molar-refractivity contribution in [2.75, 3.05) is 0 Å². The maximum absolute atomic E-state index is 4.65. The van der Waals surface area contributed by atoms with Crippen molar-refractivity contribution in [3.05, 3.63) is 59.5 Å². The van der Waals surface area contributed by atoms with Crippen molar-refractivity contribution in [3.63, 3.8) is 0 Å². The molecule has 0 radical (unpaired) electrons. The number of nitrogens with one attached hydrogen (secondary N) is 2. The number of rotatable bonds is 0. The van der Waals surface area contributed by atoms with E-state index in [-0.39, 0.29) is 0 Å². The Kier molecular flexibility index (Phi) is 3.84. The first kappa shape index (κ1) is 18.3. The van der Waals surface area contributed by atoms with Crippen molar-refractivity contribution in [2.24, 2.45) is 0 Å². The van der Waals surface area contributed by atoms with E-state index in [0.717, 1.165) is 0 Å². The van der Waals surface area contributed by atoms with E-state index in [1.165, 1.54) is 0 Å². The molecule has 12 heteroatoms. The van der Waals surface area contributed by atoms with Crippen molar-refractivity contribution >= 4 is 24.3 Å². The number of H-pyrrole nitrogens is 2. The van der Waals surface area contributed by atoms with Gasteiger partial charge in [0.1, 0.15) is 45.4 Å². The second-order valence-electron chi connectivity index (χ2n) is 7.31. The maximum atomic E-state index is 4.65. The minimum Gasteiger partial charge on any atom is -0.325 e. The van der Waals surface area contributed by atoms with Crippen LogP contribution in [0.4, 0.5) is 0 Å². The predicted molar refractivity (Wildman–Crippen MR) is 121 cm³/mol. The molecule has 34 heavy (non-hydrogen) atoms. The molecule has 4 aliphatic heterocycles. The first-order valence-electron chi connectivity index (χ1n) is 10.3. The molecule has 12 nitrogen and oxygen atoms in total. The lowest BCUT2D eigenvalue weighted by Gasteiger charge is -1.98. The highest BCUT2D eigenvalue weighted by atomic mass is 15.1. The zero-order chi connectivity index (χ0) is 22.5. The normalized spacial score (nSPS) is 12.9. The third kappa shape index (κ3) is 3.01. The van der Waals surface area contributed by atoms with E-state index in [2.05, 4.69) is 59.8 Å². The molecular weight excluding hydrogens is 432 g/mol. The van der Waals surface area contributed by atoms with Crippen LogP contribution in [0, 0.1) is 0 Å². The Morgan fingerprint density at radius 3 is 1.24 bits per heavy atom. The van der Waals surface area contributed by atoms with Crippen molar-refractivity contribution in [2.45, 2.75) is 0 Å². The fraction of sp³-hybridized carbons (Fsp3) is 0. The number of allylic oxidation sites excluding steroid dienone is 2. The van der Waals surface area contributed by atoms with E-state index >= 15 is 0 Å². The second-order valence-corrected chi connectivity index (χ2v) is 7.31. The molecule has 0 unspecified atom stereocenters. The van der Waals surface area contributed by atoms with Gasteiger partial charge in [-0.3, -0.25) is 0 Å². The van der Waals surface area contributed by atoms with Gasteiger partial charge in [-0.2, -0.15) is 0 Å². The lowest BCUT2D eigenvalue weighted by Crippen LogP contribution is -2.14. The Morgan fingerprint density at radius 1 is 0.441 bits per heavy atom. The summed E-state index contributed by atoms with van der Waals surface area (Å²) in [5, 5.41) is 0. The van der Waals surface area contributed by atoms with Crippen LogP contribution in [0.3, 0.4) is 0 Å². The molecule has 0 atom stereocenters. The highest BCUT2D eigenvalue weighted by molar-refractivity contribution is 5.76. The number of hydrogen-bond donors (Lipinski definition) is 2. The molecule has 7 rings (SSSR count). The quantitative estimate of drug-likeness (QED) is 0.346. The van der Waals surface area contributed by atoms with Gasteiger partial charge >= 0.3 is 0 Å². The smallest absolute Gasteiger partial charge is 0.184 e. The first-order chi connectivity index (χ1) is 16.8. The summed E-state index contributed by atoms with van der Waals surface area (Å²) in [7, 11) is 0. The standard InChI is InChI=1S/C22H12N12/c1-3-11-27-12(4-1)30-20-16-18(26-10-8-24-16)22(34-20)32-14-6-2-5-13(28-14)31-21-17-15(19(29-11)33-21)23-7-9-25-17/h1-10H,(H2,27,28,29,30,31,32,33,34). The first-order valence-corrected chi connectivity index (χ1v) is 10.3. The molecular formula is C22H12N12. The number of fused-ring (bicyclic) bond motifs is 14. The lowest BCUT2D eigenvalue weighted by molar-refractivity contribution is 1.01. The third-order valence-electron chi connectivity index (χ3n) is 5.10. The van der Waals surface area contributed by atoms with Gasteiger partial charge in [0.2, 0.25) is 0 Å². The largest absolute Gasteiger partial charge is 0.325 e. The Bertz CT molecular complexity index is 1640. The molecule has 8 bridgehead atoms. The van der Waals surface area contributed by atoms with Crippen molar-refractivity contribution in [1.82, 2.24) is 59.8 Å². The van der Waals surface area contributed by atoms with E-state index in [9.17, 15) is 0 Å². The van der Waals surface area contributed by atoms with Crippen LogP contribution < -0.4 is 11.0 Å². The van der Waals surface area contributed by atoms with E-state index in [1.54, 1.807) is 24.8 Å². The average Bonchev–Trinajstić information content (AvgIpc) is 3.37. The SMILES string of the molecule is C1=Cc2nc3nc(nc4[nH]c(nc5nc(nc([nH]2)=C1)-c1nccnc1-5)C=CC=4)-c1nccnc1-3. The summed E-state index contributed by atoms with van der Waals surface area (Å²) in [5.74, 6) is 2.65. The number of aromatic nitrogens is 12. The van der Waals surface area contributed by atoms with Gasteiger partial charge in [-0.25, -0.2) is 49.8 Å². The number of hydrogen-bond acceptors (Lipinski definition) is 10. The molecule has 0 fully saturated rings. The summed E-state index contributed by atoms with van der Waals surface area (Å²) in [6, 6.07) is 0. The van der Waals surface area contributed by atoms with Crippen LogP contribution in [-0.4, -0.2) is 59.8 Å². The molecule has 7 heterocycles. The van der Waals surface area contributed by atoms with Crippen LogP contribution in [-0.2, 0) is 0 Å². The zero-order valence-corrected chi connectivity index (χ0v) is 17.2. The fourth-order valence-corrected chi connectivity index (χ4v) is 3.66. The highest BCUT2D eigenvalue weighted by Gasteiger charge is 2.23. The fourth-order valence-electron chi connectivity index (χ4n) is 3.66. The third-order valence-corrected chi connectivity index (χ3v) is 5.10. The van der Waals surface area contributed by atoms with Crippen LogP contribution in [0.25, 0.3) is 70.4 Å². The Labute approximate surface area is 190 Å². The summed E-state index contributed by atoms with van der Waals surface area (Å²) >= 11 is 0. The van der Waals surface area contributed by atoms with Crippen molar-refractivity contribution in [1.29, 1.82) is 0 Å². The van der Waals surface area contributed by atoms with E-state index in [1.807, 2.05) is 36.5 Å². The van der Waals surface area contributed by atoms with Gasteiger partial charge in [0.25, 0.3) is 0 Å². The zero-order valence-electron chi connectivity index (χ0n) is 17.2. The Hall–Kier alpha value is -5.26. The van der Waals surface area contributed by atoms with Crippen LogP contribution in [0.5, 0.6) is 0 Å². The van der Waals surface area contributed by atoms with Gasteiger partial charge < -0.3 is 9.97 Å². The van der Waals surface area contributed by atoms with Crippen molar-refractivity contribution in [3.8, 4) is 46.1 Å². The Balaban J connectivity index is 1.62. The van der Waals surface area contributed by atoms with Gasteiger partial charge in [0, 0.05) is 24.8 Å². The predicted octanol–water partition coefficient (Wildman–Crippen LogP) is 0.575. The van der Waals surface area contributed by atoms with Gasteiger partial charge in [-0.1, -0.05) is 12.2 Å². The molecule has 3 aromatic rings. The van der Waals surface area contributed by atoms with Crippen molar-refractivity contribution < 1.29 is 0 Å². The van der Waals surface area contributed by atoms with Crippen LogP contribution in [0.2, 0.25) is 0 Å². The van der Waals surface area contributed by atoms with Gasteiger partial charge in [-0.15, -0.1) is 0 Å². The summed E-state index contributed by atoms with van der Waals surface area (Å²) in [6.07, 6.45) is 17.3. The van der Waals surface area contributed by atoms with E-state index in [0.29, 0.717) is 68.7 Å². The summed E-state index contributed by atoms with van der Waals surface area (Å²) in [6.45, 7) is 0. The summed E-state index contributed by atoms with van der Waals surface area (Å²) in [4.78, 5) is 51.8. The molecule has 0 aliphatic carbocycles. The molecule has 0 aromatic carbocycles. The highest BCUT2D eigenvalue weighted by Crippen LogP contribution is 2.29. The van der Waals surface area contributed by atoms with Crippen LogP contribution in [0.1, 0.15) is 11.6 Å². The molecule has 2 N–H and O–H groups in total. The monoisotopic (exact) mass is 444 g/mol. The number of nitrogens with zero attached hydrogens (tertiary/aromatic N) is 10. The minimum absolute atomic E-state index is 0.397. The Morgan fingerprint density at radius 2 is 0.824 bits per heavy atom. The average molecular weight is 444 g/mol. The van der Waals surface area contributed by atoms with Gasteiger partial charge in [0.15, 0.2) is 23.3 Å². The lowest BCUT2D eigenvalue weighted by atomic mass is 10.3. The summed E-state index contributed by atoms with van der Waals surface area (Å²) in [5.41, 5.74) is 3.25. The van der Waals surface area contributed by atoms with Gasteiger partial charge in [-0.05, 0) is 24.3 Å². The topological polar surface area (TPSA) is 160 Å². The maximum Gasteiger partial charge on any atom is 0.184 e. The van der Waals surface area contributed by atoms with Gasteiger partial charge in [0.05, 0.1) is 0 Å². The number of aromatic amines is 2. The molecule has 160 valence electrons. The molecule has 3 aromatic heterocycles.